The second-order valence-corrected chi connectivity index (χ2v) is 7.13. The highest BCUT2D eigenvalue weighted by atomic mass is 16.2. The van der Waals surface area contributed by atoms with Crippen molar-refractivity contribution in [2.75, 3.05) is 0 Å². The summed E-state index contributed by atoms with van der Waals surface area (Å²) < 4.78 is 0. The summed E-state index contributed by atoms with van der Waals surface area (Å²) in [6.45, 7) is 3.66. The van der Waals surface area contributed by atoms with Crippen LogP contribution in [-0.4, -0.2) is 16.9 Å². The van der Waals surface area contributed by atoms with E-state index in [2.05, 4.69) is 10.3 Å². The van der Waals surface area contributed by atoms with Gasteiger partial charge in [-0.15, -0.1) is 0 Å². The number of aryl methyl sites for hydroxylation is 2. The van der Waals surface area contributed by atoms with Crippen LogP contribution in [0.2, 0.25) is 0 Å². The zero-order valence-electron chi connectivity index (χ0n) is 13.6. The minimum Gasteiger partial charge on any atom is -0.349 e. The van der Waals surface area contributed by atoms with Crippen molar-refractivity contribution in [3.8, 4) is 0 Å². The molecule has 2 saturated carbocycles. The van der Waals surface area contributed by atoms with E-state index < -0.39 is 0 Å². The van der Waals surface area contributed by atoms with Crippen LogP contribution in [0.25, 0.3) is 0 Å². The van der Waals surface area contributed by atoms with E-state index in [4.69, 9.17) is 0 Å². The van der Waals surface area contributed by atoms with E-state index in [0.29, 0.717) is 0 Å². The molecule has 0 aliphatic heterocycles. The third-order valence-electron chi connectivity index (χ3n) is 5.47. The second kappa shape index (κ2) is 6.27. The lowest BCUT2D eigenvalue weighted by Gasteiger charge is -2.39. The number of aromatic nitrogens is 1. The molecule has 0 aromatic carbocycles. The van der Waals surface area contributed by atoms with E-state index in [1.54, 1.807) is 0 Å². The standard InChI is InChI=1S/C18H26N2O2/c1-11-9-12(2)19-17(21)16(11)18(22)20-15-8-7-13-5-3-4-6-14(13)10-15/h9,13-15H,3-8,10H2,1-2H3,(H,19,21)(H,20,22). The molecule has 0 spiro atoms. The second-order valence-electron chi connectivity index (χ2n) is 7.13. The number of rotatable bonds is 2. The lowest BCUT2D eigenvalue weighted by Crippen LogP contribution is -2.43. The first kappa shape index (κ1) is 15.3. The average Bonchev–Trinajstić information content (AvgIpc) is 2.46. The zero-order chi connectivity index (χ0) is 15.7. The molecule has 3 rings (SSSR count). The Morgan fingerprint density at radius 1 is 1.14 bits per heavy atom. The molecule has 2 aliphatic rings. The van der Waals surface area contributed by atoms with Crippen molar-refractivity contribution in [2.45, 2.75) is 64.8 Å². The average molecular weight is 302 g/mol. The molecular formula is C18H26N2O2. The first-order chi connectivity index (χ1) is 10.5. The number of H-pyrrole nitrogens is 1. The maximum absolute atomic E-state index is 12.5. The molecule has 22 heavy (non-hydrogen) atoms. The third-order valence-corrected chi connectivity index (χ3v) is 5.47. The van der Waals surface area contributed by atoms with Gasteiger partial charge >= 0.3 is 0 Å². The Kier molecular flexibility index (Phi) is 4.37. The van der Waals surface area contributed by atoms with Gasteiger partial charge in [0, 0.05) is 11.7 Å². The van der Waals surface area contributed by atoms with Gasteiger partial charge in [-0.3, -0.25) is 9.59 Å². The fourth-order valence-electron chi connectivity index (χ4n) is 4.40. The smallest absolute Gasteiger partial charge is 0.261 e. The summed E-state index contributed by atoms with van der Waals surface area (Å²) in [5.74, 6) is 1.43. The van der Waals surface area contributed by atoms with Gasteiger partial charge in [-0.05, 0) is 56.6 Å². The van der Waals surface area contributed by atoms with Gasteiger partial charge in [-0.1, -0.05) is 25.7 Å². The molecule has 2 aliphatic carbocycles. The number of aromatic amines is 1. The maximum Gasteiger partial charge on any atom is 0.261 e. The summed E-state index contributed by atoms with van der Waals surface area (Å²) in [6.07, 6.45) is 8.73. The van der Waals surface area contributed by atoms with Gasteiger partial charge in [-0.25, -0.2) is 0 Å². The van der Waals surface area contributed by atoms with Crippen molar-refractivity contribution in [1.29, 1.82) is 0 Å². The van der Waals surface area contributed by atoms with E-state index in [1.807, 2.05) is 19.9 Å². The van der Waals surface area contributed by atoms with Gasteiger partial charge in [0.2, 0.25) is 0 Å². The molecule has 0 saturated heterocycles. The minimum atomic E-state index is -0.277. The van der Waals surface area contributed by atoms with Crippen LogP contribution in [0.5, 0.6) is 0 Å². The molecule has 4 heteroatoms. The molecule has 1 aromatic heterocycles. The molecule has 4 nitrogen and oxygen atoms in total. The van der Waals surface area contributed by atoms with Crippen LogP contribution in [0, 0.1) is 25.7 Å². The summed E-state index contributed by atoms with van der Waals surface area (Å²) in [4.78, 5) is 27.3. The van der Waals surface area contributed by atoms with E-state index in [0.717, 1.165) is 35.9 Å². The van der Waals surface area contributed by atoms with Crippen LogP contribution >= 0.6 is 0 Å². The first-order valence-electron chi connectivity index (χ1n) is 8.56. The molecule has 120 valence electrons. The van der Waals surface area contributed by atoms with Gasteiger partial charge < -0.3 is 10.3 Å². The Balaban J connectivity index is 1.69. The lowest BCUT2D eigenvalue weighted by atomic mass is 9.69. The number of fused-ring (bicyclic) bond motifs is 1. The minimum absolute atomic E-state index is 0.210. The highest BCUT2D eigenvalue weighted by molar-refractivity contribution is 5.95. The lowest BCUT2D eigenvalue weighted by molar-refractivity contribution is 0.0877. The molecule has 1 aromatic rings. The Labute approximate surface area is 131 Å². The predicted octanol–water partition coefficient (Wildman–Crippen LogP) is 3.08. The Hall–Kier alpha value is -1.58. The van der Waals surface area contributed by atoms with Gasteiger partial charge in [0.1, 0.15) is 5.56 Å². The summed E-state index contributed by atoms with van der Waals surface area (Å²) in [5.41, 5.74) is 1.55. The molecule has 3 unspecified atom stereocenters. The zero-order valence-corrected chi connectivity index (χ0v) is 13.6. The summed E-state index contributed by atoms with van der Waals surface area (Å²) >= 11 is 0. The van der Waals surface area contributed by atoms with E-state index in [-0.39, 0.29) is 23.1 Å². The van der Waals surface area contributed by atoms with E-state index in [1.165, 1.54) is 32.1 Å². The Bertz CT molecular complexity index is 620. The summed E-state index contributed by atoms with van der Waals surface area (Å²) in [5, 5.41) is 3.11. The molecule has 2 N–H and O–H groups in total. The van der Waals surface area contributed by atoms with Crippen molar-refractivity contribution in [3.05, 3.63) is 33.2 Å². The molecule has 0 radical (unpaired) electrons. The number of carbonyl (C=O) groups excluding carboxylic acids is 1. The monoisotopic (exact) mass is 302 g/mol. The summed E-state index contributed by atoms with van der Waals surface area (Å²) in [6, 6.07) is 2.08. The summed E-state index contributed by atoms with van der Waals surface area (Å²) in [7, 11) is 0. The Morgan fingerprint density at radius 2 is 1.86 bits per heavy atom. The number of nitrogens with one attached hydrogen (secondary N) is 2. The number of pyridine rings is 1. The molecule has 1 amide bonds. The fourth-order valence-corrected chi connectivity index (χ4v) is 4.40. The van der Waals surface area contributed by atoms with Crippen molar-refractivity contribution >= 4 is 5.91 Å². The highest BCUT2D eigenvalue weighted by Gasteiger charge is 2.33. The number of carbonyl (C=O) groups is 1. The molecule has 0 bridgehead atoms. The van der Waals surface area contributed by atoms with Gasteiger partial charge in [0.05, 0.1) is 0 Å². The van der Waals surface area contributed by atoms with Gasteiger partial charge in [0.25, 0.3) is 11.5 Å². The van der Waals surface area contributed by atoms with Crippen LogP contribution in [0.4, 0.5) is 0 Å². The van der Waals surface area contributed by atoms with E-state index in [9.17, 15) is 9.59 Å². The van der Waals surface area contributed by atoms with Crippen LogP contribution in [0.3, 0.4) is 0 Å². The van der Waals surface area contributed by atoms with Crippen LogP contribution in [0.15, 0.2) is 10.9 Å². The van der Waals surface area contributed by atoms with Crippen LogP contribution in [0.1, 0.15) is 66.6 Å². The van der Waals surface area contributed by atoms with Crippen molar-refractivity contribution in [2.24, 2.45) is 11.8 Å². The van der Waals surface area contributed by atoms with Gasteiger partial charge in [0.15, 0.2) is 0 Å². The highest BCUT2D eigenvalue weighted by Crippen LogP contribution is 2.40. The number of hydrogen-bond acceptors (Lipinski definition) is 2. The first-order valence-corrected chi connectivity index (χ1v) is 8.56. The predicted molar refractivity (Wildman–Crippen MR) is 87.1 cm³/mol. The molecule has 2 fully saturated rings. The fraction of sp³-hybridized carbons (Fsp3) is 0.667. The van der Waals surface area contributed by atoms with Crippen molar-refractivity contribution in [1.82, 2.24) is 10.3 Å². The molecule has 3 atom stereocenters. The number of hydrogen-bond donors (Lipinski definition) is 2. The third kappa shape index (κ3) is 3.11. The van der Waals surface area contributed by atoms with Gasteiger partial charge in [-0.2, -0.15) is 0 Å². The topological polar surface area (TPSA) is 62.0 Å². The van der Waals surface area contributed by atoms with E-state index >= 15 is 0 Å². The van der Waals surface area contributed by atoms with Crippen molar-refractivity contribution in [3.63, 3.8) is 0 Å². The Morgan fingerprint density at radius 3 is 2.59 bits per heavy atom. The largest absolute Gasteiger partial charge is 0.349 e. The quantitative estimate of drug-likeness (QED) is 0.882. The molecule has 1 heterocycles. The number of amides is 1. The van der Waals surface area contributed by atoms with Crippen LogP contribution in [-0.2, 0) is 0 Å². The normalized spacial score (nSPS) is 28.0. The molecular weight excluding hydrogens is 276 g/mol. The SMILES string of the molecule is Cc1cc(C)c(C(=O)NC2CCC3CCCCC3C2)c(=O)[nH]1. The van der Waals surface area contributed by atoms with Crippen LogP contribution < -0.4 is 10.9 Å². The maximum atomic E-state index is 12.5. The van der Waals surface area contributed by atoms with Crippen molar-refractivity contribution < 1.29 is 4.79 Å².